The number of carbonyl (C=O) groups is 1. The molecule has 0 radical (unpaired) electrons. The monoisotopic (exact) mass is 337 g/mol. The average Bonchev–Trinajstić information content (AvgIpc) is 3.43. The molecule has 0 aromatic heterocycles. The van der Waals surface area contributed by atoms with Crippen molar-refractivity contribution in [2.24, 2.45) is 0 Å². The van der Waals surface area contributed by atoms with Gasteiger partial charge in [-0.05, 0) is 55.2 Å². The Kier molecular flexibility index (Phi) is 5.73. The van der Waals surface area contributed by atoms with Gasteiger partial charge in [0.2, 0.25) is 0 Å². The molecule has 1 saturated carbocycles. The zero-order valence-electron chi connectivity index (χ0n) is 14.4. The van der Waals surface area contributed by atoms with Crippen molar-refractivity contribution in [2.45, 2.75) is 32.4 Å². The van der Waals surface area contributed by atoms with Crippen LogP contribution in [0.2, 0.25) is 0 Å². The molecule has 1 N–H and O–H groups in total. The minimum absolute atomic E-state index is 0.321. The summed E-state index contributed by atoms with van der Waals surface area (Å²) in [6.45, 7) is 2.88. The van der Waals surface area contributed by atoms with Gasteiger partial charge in [0.1, 0.15) is 5.75 Å². The first-order chi connectivity index (χ1) is 12.2. The summed E-state index contributed by atoms with van der Waals surface area (Å²) in [5.74, 6) is 0.595. The molecule has 4 heteroatoms. The van der Waals surface area contributed by atoms with Gasteiger partial charge in [0.15, 0.2) is 0 Å². The molecule has 3 rings (SSSR count). The lowest BCUT2D eigenvalue weighted by molar-refractivity contribution is -0.137. The molecule has 2 aromatic carbocycles. The Hall–Kier alpha value is -2.75. The zero-order chi connectivity index (χ0) is 17.5. The predicted molar refractivity (Wildman–Crippen MR) is 99.5 cm³/mol. The molecule has 1 fully saturated rings. The van der Waals surface area contributed by atoms with Gasteiger partial charge in [-0.3, -0.25) is 0 Å². The summed E-state index contributed by atoms with van der Waals surface area (Å²) in [6, 6.07) is 16.1. The van der Waals surface area contributed by atoms with E-state index in [9.17, 15) is 4.79 Å². The Labute approximate surface area is 148 Å². The number of carbonyl (C=O) groups excluding carboxylic acids is 1. The van der Waals surface area contributed by atoms with Crippen molar-refractivity contribution < 1.29 is 14.3 Å². The standard InChI is InChI=1S/C21H23NO3/c1-2-24-21(23)12-9-16-5-3-6-17(13-16)15-22-18-7-4-8-20(14-18)25-19-10-11-19/h3-9,12-14,19,22H,2,10-11,15H2,1H3/b12-9+. The van der Waals surface area contributed by atoms with Crippen molar-refractivity contribution in [3.8, 4) is 5.75 Å². The maximum atomic E-state index is 11.4. The first kappa shape index (κ1) is 17.1. The fourth-order valence-corrected chi connectivity index (χ4v) is 2.42. The van der Waals surface area contributed by atoms with Crippen molar-refractivity contribution in [3.05, 3.63) is 65.7 Å². The van der Waals surface area contributed by atoms with E-state index in [1.807, 2.05) is 42.5 Å². The van der Waals surface area contributed by atoms with Gasteiger partial charge >= 0.3 is 5.97 Å². The van der Waals surface area contributed by atoms with Crippen LogP contribution in [0, 0.1) is 0 Å². The van der Waals surface area contributed by atoms with E-state index in [1.54, 1.807) is 13.0 Å². The second-order valence-corrected chi connectivity index (χ2v) is 6.03. The highest BCUT2D eigenvalue weighted by molar-refractivity contribution is 5.87. The van der Waals surface area contributed by atoms with Gasteiger partial charge in [0.05, 0.1) is 12.7 Å². The van der Waals surface area contributed by atoms with E-state index < -0.39 is 0 Å². The highest BCUT2D eigenvalue weighted by atomic mass is 16.5. The summed E-state index contributed by atoms with van der Waals surface area (Å²) < 4.78 is 10.7. The van der Waals surface area contributed by atoms with E-state index in [0.717, 1.165) is 35.4 Å². The van der Waals surface area contributed by atoms with Gasteiger partial charge < -0.3 is 14.8 Å². The summed E-state index contributed by atoms with van der Waals surface area (Å²) in [5.41, 5.74) is 3.14. The Bertz CT molecular complexity index is 750. The summed E-state index contributed by atoms with van der Waals surface area (Å²) in [7, 11) is 0. The highest BCUT2D eigenvalue weighted by Gasteiger charge is 2.23. The molecule has 0 unspecified atom stereocenters. The first-order valence-corrected chi connectivity index (χ1v) is 8.67. The van der Waals surface area contributed by atoms with Crippen molar-refractivity contribution in [3.63, 3.8) is 0 Å². The second-order valence-electron chi connectivity index (χ2n) is 6.03. The summed E-state index contributed by atoms with van der Waals surface area (Å²) in [5, 5.41) is 3.41. The molecular formula is C21H23NO3. The summed E-state index contributed by atoms with van der Waals surface area (Å²) in [4.78, 5) is 11.4. The third-order valence-electron chi connectivity index (χ3n) is 3.81. The number of hydrogen-bond donors (Lipinski definition) is 1. The van der Waals surface area contributed by atoms with Crippen LogP contribution in [0.25, 0.3) is 6.08 Å². The van der Waals surface area contributed by atoms with Crippen LogP contribution in [-0.2, 0) is 16.1 Å². The van der Waals surface area contributed by atoms with Crippen LogP contribution < -0.4 is 10.1 Å². The Morgan fingerprint density at radius 1 is 1.20 bits per heavy atom. The molecule has 0 amide bonds. The molecule has 0 saturated heterocycles. The Balaban J connectivity index is 1.57. The number of ether oxygens (including phenoxy) is 2. The largest absolute Gasteiger partial charge is 0.490 e. The van der Waals surface area contributed by atoms with E-state index in [1.165, 1.54) is 6.08 Å². The van der Waals surface area contributed by atoms with Crippen molar-refractivity contribution >= 4 is 17.7 Å². The van der Waals surface area contributed by atoms with Gasteiger partial charge in [0.25, 0.3) is 0 Å². The maximum Gasteiger partial charge on any atom is 0.330 e. The predicted octanol–water partition coefficient (Wildman–Crippen LogP) is 4.42. The maximum absolute atomic E-state index is 11.4. The summed E-state index contributed by atoms with van der Waals surface area (Å²) >= 11 is 0. The molecule has 2 aromatic rings. The van der Waals surface area contributed by atoms with Gasteiger partial charge in [-0.25, -0.2) is 4.79 Å². The van der Waals surface area contributed by atoms with E-state index in [4.69, 9.17) is 9.47 Å². The van der Waals surface area contributed by atoms with Crippen LogP contribution in [0.5, 0.6) is 5.75 Å². The SMILES string of the molecule is CCOC(=O)/C=C/c1cccc(CNc2cccc(OC3CC3)c2)c1. The van der Waals surface area contributed by atoms with E-state index in [2.05, 4.69) is 11.4 Å². The van der Waals surface area contributed by atoms with Gasteiger partial charge in [-0.2, -0.15) is 0 Å². The summed E-state index contributed by atoms with van der Waals surface area (Å²) in [6.07, 6.45) is 5.94. The molecule has 4 nitrogen and oxygen atoms in total. The van der Waals surface area contributed by atoms with Crippen LogP contribution in [0.3, 0.4) is 0 Å². The molecule has 130 valence electrons. The number of nitrogens with one attached hydrogen (secondary N) is 1. The molecule has 0 atom stereocenters. The minimum Gasteiger partial charge on any atom is -0.490 e. The van der Waals surface area contributed by atoms with E-state index >= 15 is 0 Å². The molecule has 0 bridgehead atoms. The number of hydrogen-bond acceptors (Lipinski definition) is 4. The number of anilines is 1. The lowest BCUT2D eigenvalue weighted by Gasteiger charge is -2.10. The quantitative estimate of drug-likeness (QED) is 0.572. The first-order valence-electron chi connectivity index (χ1n) is 8.67. The number of esters is 1. The van der Waals surface area contributed by atoms with Crippen molar-refractivity contribution in [1.29, 1.82) is 0 Å². The normalized spacial score (nSPS) is 13.6. The number of benzene rings is 2. The molecule has 25 heavy (non-hydrogen) atoms. The molecule has 0 aliphatic heterocycles. The fourth-order valence-electron chi connectivity index (χ4n) is 2.42. The van der Waals surface area contributed by atoms with Crippen molar-refractivity contribution in [2.75, 3.05) is 11.9 Å². The highest BCUT2D eigenvalue weighted by Crippen LogP contribution is 2.28. The van der Waals surface area contributed by atoms with Crippen LogP contribution in [0.1, 0.15) is 30.9 Å². The smallest absolute Gasteiger partial charge is 0.330 e. The van der Waals surface area contributed by atoms with Gasteiger partial charge in [0, 0.05) is 24.4 Å². The lowest BCUT2D eigenvalue weighted by atomic mass is 10.1. The minimum atomic E-state index is -0.321. The molecular weight excluding hydrogens is 314 g/mol. The van der Waals surface area contributed by atoms with E-state index in [0.29, 0.717) is 19.3 Å². The van der Waals surface area contributed by atoms with Crippen LogP contribution in [-0.4, -0.2) is 18.7 Å². The molecule has 1 aliphatic rings. The van der Waals surface area contributed by atoms with Gasteiger partial charge in [-0.15, -0.1) is 0 Å². The topological polar surface area (TPSA) is 47.6 Å². The average molecular weight is 337 g/mol. The molecule has 1 aliphatic carbocycles. The zero-order valence-corrected chi connectivity index (χ0v) is 14.4. The fraction of sp³-hybridized carbons (Fsp3) is 0.286. The Morgan fingerprint density at radius 2 is 2.04 bits per heavy atom. The van der Waals surface area contributed by atoms with Crippen molar-refractivity contribution in [1.82, 2.24) is 0 Å². The third kappa shape index (κ3) is 5.68. The lowest BCUT2D eigenvalue weighted by Crippen LogP contribution is -2.01. The third-order valence-corrected chi connectivity index (χ3v) is 3.81. The van der Waals surface area contributed by atoms with Gasteiger partial charge in [-0.1, -0.05) is 24.3 Å². The van der Waals surface area contributed by atoms with Crippen LogP contribution in [0.4, 0.5) is 5.69 Å². The second kappa shape index (κ2) is 8.38. The van der Waals surface area contributed by atoms with Crippen LogP contribution >= 0.6 is 0 Å². The Morgan fingerprint density at radius 3 is 2.84 bits per heavy atom. The van der Waals surface area contributed by atoms with Crippen LogP contribution in [0.15, 0.2) is 54.6 Å². The number of rotatable bonds is 8. The molecule has 0 heterocycles. The molecule has 0 spiro atoms. The van der Waals surface area contributed by atoms with E-state index in [-0.39, 0.29) is 5.97 Å².